The maximum Gasteiger partial charge on any atom is 0.339 e. The van der Waals surface area contributed by atoms with Gasteiger partial charge in [-0.15, -0.1) is 0 Å². The molecule has 0 bridgehead atoms. The van der Waals surface area contributed by atoms with Gasteiger partial charge in [0.1, 0.15) is 17.1 Å². The second-order valence-corrected chi connectivity index (χ2v) is 8.87. The lowest BCUT2D eigenvalue weighted by Crippen LogP contribution is -2.46. The minimum atomic E-state index is -1.06. The highest BCUT2D eigenvalue weighted by atomic mass is 16.5. The van der Waals surface area contributed by atoms with Crippen molar-refractivity contribution in [2.24, 2.45) is 0 Å². The zero-order chi connectivity index (χ0) is 24.5. The van der Waals surface area contributed by atoms with Crippen LogP contribution in [0.4, 0.5) is 11.8 Å². The molecule has 10 nitrogen and oxygen atoms in total. The molecule has 1 N–H and O–H groups in total. The first-order chi connectivity index (χ1) is 17.0. The van der Waals surface area contributed by atoms with Gasteiger partial charge in [-0.3, -0.25) is 0 Å². The fraction of sp³-hybridized carbons (Fsp3) is 0.440. The molecule has 3 aromatic rings. The molecule has 2 atom stereocenters. The summed E-state index contributed by atoms with van der Waals surface area (Å²) in [5.41, 5.74) is 1.95. The third-order valence-electron chi connectivity index (χ3n) is 6.52. The molecular weight excluding hydrogens is 450 g/mol. The minimum absolute atomic E-state index is 0.0836. The Morgan fingerprint density at radius 3 is 2.37 bits per heavy atom. The number of carboxylic acid groups (broad SMARTS) is 1. The molecule has 10 heteroatoms. The van der Waals surface area contributed by atoms with Crippen molar-refractivity contribution in [1.82, 2.24) is 15.0 Å². The molecule has 2 aliphatic heterocycles. The minimum Gasteiger partial charge on any atom is -0.496 e. The number of carboxylic acids is 1. The second kappa shape index (κ2) is 9.63. The third kappa shape index (κ3) is 4.46. The van der Waals surface area contributed by atoms with Crippen molar-refractivity contribution in [2.75, 3.05) is 56.4 Å². The van der Waals surface area contributed by atoms with Crippen LogP contribution in [0.15, 0.2) is 30.3 Å². The van der Waals surface area contributed by atoms with Gasteiger partial charge < -0.3 is 29.1 Å². The van der Waals surface area contributed by atoms with E-state index in [2.05, 4.69) is 23.6 Å². The van der Waals surface area contributed by atoms with Gasteiger partial charge in [0, 0.05) is 18.7 Å². The third-order valence-corrected chi connectivity index (χ3v) is 6.52. The Hall–Kier alpha value is -3.50. The fourth-order valence-electron chi connectivity index (χ4n) is 4.59. The molecule has 0 unspecified atom stereocenters. The number of carbonyl (C=O) groups is 1. The maximum absolute atomic E-state index is 11.7. The number of rotatable bonds is 5. The van der Waals surface area contributed by atoms with Crippen LogP contribution in [-0.2, 0) is 9.47 Å². The van der Waals surface area contributed by atoms with Gasteiger partial charge in [0.25, 0.3) is 0 Å². The molecule has 0 spiro atoms. The molecule has 5 rings (SSSR count). The summed E-state index contributed by atoms with van der Waals surface area (Å²) in [6.07, 6.45) is 0. The predicted molar refractivity (Wildman–Crippen MR) is 132 cm³/mol. The number of aromatic nitrogens is 3. The van der Waals surface area contributed by atoms with E-state index >= 15 is 0 Å². The smallest absolute Gasteiger partial charge is 0.339 e. The number of aromatic carboxylic acids is 1. The molecule has 0 radical (unpaired) electrons. The number of hydrogen-bond acceptors (Lipinski definition) is 9. The summed E-state index contributed by atoms with van der Waals surface area (Å²) in [5.74, 6) is 0.697. The molecule has 2 fully saturated rings. The number of benzene rings is 1. The standard InChI is InChI=1S/C25H29N5O5/c1-15-13-34-10-8-29(15)23-18-5-6-20(17-4-7-21(33-3)19(12-17)24(31)32)26-22(18)27-25(28-23)30-9-11-35-14-16(30)2/h4-7,12,15-16H,8-11,13-14H2,1-3H3,(H,31,32)/t15-,16-/m0/s1. The molecule has 184 valence electrons. The van der Waals surface area contributed by atoms with Crippen molar-refractivity contribution in [3.8, 4) is 17.0 Å². The van der Waals surface area contributed by atoms with Crippen LogP contribution in [0.5, 0.6) is 5.75 Å². The molecule has 1 aromatic carbocycles. The summed E-state index contributed by atoms with van der Waals surface area (Å²) in [6.45, 7) is 8.14. The average Bonchev–Trinajstić information content (AvgIpc) is 2.88. The van der Waals surface area contributed by atoms with E-state index in [0.717, 1.165) is 17.7 Å². The van der Waals surface area contributed by atoms with E-state index in [-0.39, 0.29) is 17.6 Å². The van der Waals surface area contributed by atoms with Crippen molar-refractivity contribution in [3.63, 3.8) is 0 Å². The summed E-state index contributed by atoms with van der Waals surface area (Å²) < 4.78 is 16.5. The van der Waals surface area contributed by atoms with E-state index in [4.69, 9.17) is 29.2 Å². The van der Waals surface area contributed by atoms with Crippen LogP contribution in [0.25, 0.3) is 22.3 Å². The van der Waals surface area contributed by atoms with Crippen LogP contribution in [-0.4, -0.2) is 84.7 Å². The SMILES string of the molecule is COc1ccc(-c2ccc3c(N4CCOC[C@@H]4C)nc(N4CCOC[C@@H]4C)nc3n2)cc1C(=O)O. The van der Waals surface area contributed by atoms with E-state index in [0.29, 0.717) is 61.6 Å². The Morgan fingerprint density at radius 2 is 1.71 bits per heavy atom. The molecule has 4 heterocycles. The number of fused-ring (bicyclic) bond motifs is 1. The quantitative estimate of drug-likeness (QED) is 0.586. The summed E-state index contributed by atoms with van der Waals surface area (Å²) in [6, 6.07) is 9.17. The first kappa shape index (κ1) is 23.3. The molecule has 0 saturated carbocycles. The molecule has 2 aliphatic rings. The zero-order valence-corrected chi connectivity index (χ0v) is 20.1. The maximum atomic E-state index is 11.7. The van der Waals surface area contributed by atoms with E-state index in [9.17, 15) is 9.90 Å². The summed E-state index contributed by atoms with van der Waals surface area (Å²) in [5, 5.41) is 10.4. The lowest BCUT2D eigenvalue weighted by atomic mass is 10.1. The van der Waals surface area contributed by atoms with Gasteiger partial charge in [-0.2, -0.15) is 9.97 Å². The lowest BCUT2D eigenvalue weighted by Gasteiger charge is -2.37. The van der Waals surface area contributed by atoms with Crippen LogP contribution >= 0.6 is 0 Å². The van der Waals surface area contributed by atoms with E-state index in [1.54, 1.807) is 18.2 Å². The normalized spacial score (nSPS) is 20.8. The lowest BCUT2D eigenvalue weighted by molar-refractivity contribution is 0.0693. The van der Waals surface area contributed by atoms with Gasteiger partial charge in [-0.05, 0) is 44.2 Å². The van der Waals surface area contributed by atoms with Crippen molar-refractivity contribution in [3.05, 3.63) is 35.9 Å². The van der Waals surface area contributed by atoms with Crippen LogP contribution < -0.4 is 14.5 Å². The van der Waals surface area contributed by atoms with Gasteiger partial charge in [0.2, 0.25) is 5.95 Å². The number of nitrogens with zero attached hydrogens (tertiary/aromatic N) is 5. The predicted octanol–water partition coefficient (Wildman–Crippen LogP) is 2.85. The highest BCUT2D eigenvalue weighted by Crippen LogP contribution is 2.32. The molecule has 2 saturated heterocycles. The number of morpholine rings is 2. The van der Waals surface area contributed by atoms with Crippen molar-refractivity contribution < 1.29 is 24.1 Å². The Labute approximate surface area is 203 Å². The van der Waals surface area contributed by atoms with E-state index in [1.807, 2.05) is 12.1 Å². The second-order valence-electron chi connectivity index (χ2n) is 8.87. The summed E-state index contributed by atoms with van der Waals surface area (Å²) >= 11 is 0. The summed E-state index contributed by atoms with van der Waals surface area (Å²) in [7, 11) is 1.45. The number of methoxy groups -OCH3 is 1. The van der Waals surface area contributed by atoms with Gasteiger partial charge in [0.15, 0.2) is 5.65 Å². The van der Waals surface area contributed by atoms with Crippen molar-refractivity contribution >= 4 is 28.8 Å². The summed E-state index contributed by atoms with van der Waals surface area (Å²) in [4.78, 5) is 30.9. The van der Waals surface area contributed by atoms with Gasteiger partial charge in [-0.1, -0.05) is 0 Å². The Kier molecular flexibility index (Phi) is 6.40. The average molecular weight is 480 g/mol. The van der Waals surface area contributed by atoms with Crippen LogP contribution in [0.1, 0.15) is 24.2 Å². The molecule has 0 aliphatic carbocycles. The van der Waals surface area contributed by atoms with Gasteiger partial charge in [0.05, 0.1) is 56.7 Å². The highest BCUT2D eigenvalue weighted by Gasteiger charge is 2.27. The van der Waals surface area contributed by atoms with Gasteiger partial charge >= 0.3 is 5.97 Å². The van der Waals surface area contributed by atoms with Crippen LogP contribution in [0.3, 0.4) is 0 Å². The first-order valence-electron chi connectivity index (χ1n) is 11.8. The molecule has 0 amide bonds. The number of ether oxygens (including phenoxy) is 3. The molecule has 2 aromatic heterocycles. The van der Waals surface area contributed by atoms with E-state index < -0.39 is 5.97 Å². The van der Waals surface area contributed by atoms with Crippen molar-refractivity contribution in [2.45, 2.75) is 25.9 Å². The van der Waals surface area contributed by atoms with Crippen molar-refractivity contribution in [1.29, 1.82) is 0 Å². The first-order valence-corrected chi connectivity index (χ1v) is 11.8. The largest absolute Gasteiger partial charge is 0.496 e. The Balaban J connectivity index is 1.65. The van der Waals surface area contributed by atoms with E-state index in [1.165, 1.54) is 7.11 Å². The number of pyridine rings is 1. The van der Waals surface area contributed by atoms with Gasteiger partial charge in [-0.25, -0.2) is 9.78 Å². The highest BCUT2D eigenvalue weighted by molar-refractivity contribution is 5.93. The fourth-order valence-corrected chi connectivity index (χ4v) is 4.59. The monoisotopic (exact) mass is 479 g/mol. The number of hydrogen-bond donors (Lipinski definition) is 1. The topological polar surface area (TPSA) is 110 Å². The molecule has 35 heavy (non-hydrogen) atoms. The van der Waals surface area contributed by atoms with Crippen LogP contribution in [0.2, 0.25) is 0 Å². The van der Waals surface area contributed by atoms with Crippen LogP contribution in [0, 0.1) is 0 Å². The number of anilines is 2. The zero-order valence-electron chi connectivity index (χ0n) is 20.1. The Morgan fingerprint density at radius 1 is 1.00 bits per heavy atom. The Bertz CT molecular complexity index is 1250. The molecular formula is C25H29N5O5.